The highest BCUT2D eigenvalue weighted by Gasteiger charge is 2.20. The Bertz CT molecular complexity index is 767. The van der Waals surface area contributed by atoms with E-state index in [4.69, 9.17) is 9.26 Å². The molecule has 0 atom stereocenters. The molecular weight excluding hydrogens is 342 g/mol. The summed E-state index contributed by atoms with van der Waals surface area (Å²) in [4.78, 5) is 9.19. The molecular formula is C20H27N5O2. The maximum atomic E-state index is 5.58. The first-order chi connectivity index (χ1) is 13.3. The number of guanidine groups is 1. The number of nitrogens with zero attached hydrogens (tertiary/aromatic N) is 4. The number of benzene rings is 1. The first-order valence-electron chi connectivity index (χ1n) is 9.63. The van der Waals surface area contributed by atoms with Gasteiger partial charge in [-0.1, -0.05) is 17.3 Å². The second kappa shape index (κ2) is 8.43. The van der Waals surface area contributed by atoms with Crippen LogP contribution >= 0.6 is 0 Å². The third-order valence-corrected chi connectivity index (χ3v) is 5.21. The Hall–Kier alpha value is -2.54. The van der Waals surface area contributed by atoms with Crippen molar-refractivity contribution >= 4 is 5.96 Å². The average molecular weight is 369 g/mol. The zero-order chi connectivity index (χ0) is 18.5. The molecule has 1 aromatic heterocycles. The minimum absolute atomic E-state index is 0.812. The van der Waals surface area contributed by atoms with Gasteiger partial charge in [-0.2, -0.15) is 0 Å². The van der Waals surface area contributed by atoms with E-state index in [9.17, 15) is 0 Å². The van der Waals surface area contributed by atoms with Crippen LogP contribution in [0.5, 0.6) is 5.75 Å². The summed E-state index contributed by atoms with van der Waals surface area (Å²) in [5.41, 5.74) is 3.67. The van der Waals surface area contributed by atoms with Gasteiger partial charge in [0.1, 0.15) is 12.0 Å². The lowest BCUT2D eigenvalue weighted by Crippen LogP contribution is -2.52. The molecule has 0 radical (unpaired) electrons. The minimum Gasteiger partial charge on any atom is -0.493 e. The molecule has 27 heavy (non-hydrogen) atoms. The summed E-state index contributed by atoms with van der Waals surface area (Å²) in [6, 6.07) is 8.46. The van der Waals surface area contributed by atoms with Crippen LogP contribution < -0.4 is 10.1 Å². The van der Waals surface area contributed by atoms with Crippen LogP contribution in [0.4, 0.5) is 0 Å². The molecule has 1 N–H and O–H groups in total. The van der Waals surface area contributed by atoms with Crippen LogP contribution in [0.1, 0.15) is 16.8 Å². The lowest BCUT2D eigenvalue weighted by molar-refractivity contribution is 0.169. The Morgan fingerprint density at radius 2 is 2.11 bits per heavy atom. The van der Waals surface area contributed by atoms with Gasteiger partial charge < -0.3 is 19.5 Å². The number of aliphatic imine (C=N–C) groups is 1. The van der Waals surface area contributed by atoms with E-state index >= 15 is 0 Å². The van der Waals surface area contributed by atoms with Crippen molar-refractivity contribution in [2.75, 3.05) is 46.4 Å². The van der Waals surface area contributed by atoms with Gasteiger partial charge in [0.15, 0.2) is 5.96 Å². The van der Waals surface area contributed by atoms with E-state index in [1.54, 1.807) is 6.26 Å². The molecule has 2 aliphatic rings. The van der Waals surface area contributed by atoms with Crippen molar-refractivity contribution in [2.45, 2.75) is 19.4 Å². The molecule has 1 saturated heterocycles. The monoisotopic (exact) mass is 369 g/mol. The van der Waals surface area contributed by atoms with E-state index in [1.807, 2.05) is 13.1 Å². The molecule has 3 heterocycles. The first-order valence-corrected chi connectivity index (χ1v) is 9.63. The number of aromatic nitrogens is 1. The maximum absolute atomic E-state index is 5.58. The Balaban J connectivity index is 1.23. The zero-order valence-electron chi connectivity index (χ0n) is 15.9. The van der Waals surface area contributed by atoms with Crippen molar-refractivity contribution in [3.63, 3.8) is 0 Å². The van der Waals surface area contributed by atoms with Crippen molar-refractivity contribution in [3.8, 4) is 5.75 Å². The van der Waals surface area contributed by atoms with E-state index in [2.05, 4.69) is 43.5 Å². The van der Waals surface area contributed by atoms with E-state index in [0.29, 0.717) is 0 Å². The van der Waals surface area contributed by atoms with Crippen LogP contribution in [0.3, 0.4) is 0 Å². The van der Waals surface area contributed by atoms with Crippen molar-refractivity contribution in [1.82, 2.24) is 20.3 Å². The van der Waals surface area contributed by atoms with Crippen LogP contribution in [0, 0.1) is 0 Å². The highest BCUT2D eigenvalue weighted by atomic mass is 16.5. The number of hydrogen-bond acceptors (Lipinski definition) is 5. The standard InChI is InChI=1S/C20H27N5O2/c1-21-20(22-7-4-16-2-3-19-17(14-16)5-12-26-19)25-10-8-24(9-11-25)15-18-6-13-27-23-18/h2-3,6,13-14H,4-5,7-12,15H2,1H3,(H,21,22). The largest absolute Gasteiger partial charge is 0.493 e. The topological polar surface area (TPSA) is 66.1 Å². The summed E-state index contributed by atoms with van der Waals surface area (Å²) in [7, 11) is 1.86. The minimum atomic E-state index is 0.812. The Kier molecular flexibility index (Phi) is 5.58. The first kappa shape index (κ1) is 17.9. The second-order valence-corrected chi connectivity index (χ2v) is 7.02. The molecule has 0 saturated carbocycles. The van der Waals surface area contributed by atoms with Crippen LogP contribution in [-0.2, 0) is 19.4 Å². The fraction of sp³-hybridized carbons (Fsp3) is 0.500. The Morgan fingerprint density at radius 3 is 2.89 bits per heavy atom. The maximum Gasteiger partial charge on any atom is 0.193 e. The number of fused-ring (bicyclic) bond motifs is 1. The van der Waals surface area contributed by atoms with E-state index < -0.39 is 0 Å². The van der Waals surface area contributed by atoms with E-state index in [0.717, 1.165) is 76.1 Å². The molecule has 0 amide bonds. The van der Waals surface area contributed by atoms with Crippen molar-refractivity contribution in [1.29, 1.82) is 0 Å². The molecule has 0 unspecified atom stereocenters. The summed E-state index contributed by atoms with van der Waals surface area (Å²) < 4.78 is 10.5. The fourth-order valence-electron chi connectivity index (χ4n) is 3.71. The number of rotatable bonds is 5. The quantitative estimate of drug-likeness (QED) is 0.637. The molecule has 0 spiro atoms. The van der Waals surface area contributed by atoms with Gasteiger partial charge in [0.2, 0.25) is 0 Å². The normalized spacial score (nSPS) is 17.7. The third kappa shape index (κ3) is 4.42. The van der Waals surface area contributed by atoms with Crippen LogP contribution in [0.2, 0.25) is 0 Å². The molecule has 4 rings (SSSR count). The number of hydrogen-bond donors (Lipinski definition) is 1. The molecule has 144 valence electrons. The number of piperazine rings is 1. The van der Waals surface area contributed by atoms with Gasteiger partial charge in [0.25, 0.3) is 0 Å². The van der Waals surface area contributed by atoms with Gasteiger partial charge in [0.05, 0.1) is 12.3 Å². The molecule has 0 aliphatic carbocycles. The van der Waals surface area contributed by atoms with Crippen molar-refractivity contribution < 1.29 is 9.26 Å². The van der Waals surface area contributed by atoms with E-state index in [-0.39, 0.29) is 0 Å². The Morgan fingerprint density at radius 1 is 1.22 bits per heavy atom. The van der Waals surface area contributed by atoms with Gasteiger partial charge in [-0.25, -0.2) is 0 Å². The molecule has 0 bridgehead atoms. The van der Waals surface area contributed by atoms with Gasteiger partial charge in [0, 0.05) is 58.8 Å². The highest BCUT2D eigenvalue weighted by molar-refractivity contribution is 5.80. The van der Waals surface area contributed by atoms with E-state index in [1.165, 1.54) is 11.1 Å². The molecule has 7 heteroatoms. The summed E-state index contributed by atoms with van der Waals surface area (Å²) >= 11 is 0. The van der Waals surface area contributed by atoms with Crippen LogP contribution in [0.15, 0.2) is 40.0 Å². The summed E-state index contributed by atoms with van der Waals surface area (Å²) in [5.74, 6) is 2.03. The third-order valence-electron chi connectivity index (χ3n) is 5.21. The predicted octanol–water partition coefficient (Wildman–Crippen LogP) is 1.55. The summed E-state index contributed by atoms with van der Waals surface area (Å²) in [6.07, 6.45) is 3.64. The lowest BCUT2D eigenvalue weighted by atomic mass is 10.1. The predicted molar refractivity (Wildman–Crippen MR) is 104 cm³/mol. The van der Waals surface area contributed by atoms with Gasteiger partial charge in [-0.3, -0.25) is 9.89 Å². The summed E-state index contributed by atoms with van der Waals surface area (Å²) in [5, 5.41) is 7.51. The van der Waals surface area contributed by atoms with Gasteiger partial charge in [-0.15, -0.1) is 0 Å². The van der Waals surface area contributed by atoms with Crippen molar-refractivity contribution in [3.05, 3.63) is 47.3 Å². The molecule has 2 aromatic rings. The lowest BCUT2D eigenvalue weighted by Gasteiger charge is -2.36. The second-order valence-electron chi connectivity index (χ2n) is 7.02. The van der Waals surface area contributed by atoms with Gasteiger partial charge in [-0.05, 0) is 23.6 Å². The zero-order valence-corrected chi connectivity index (χ0v) is 15.9. The van der Waals surface area contributed by atoms with Crippen LogP contribution in [-0.4, -0.2) is 67.3 Å². The molecule has 1 aromatic carbocycles. The fourth-order valence-corrected chi connectivity index (χ4v) is 3.71. The molecule has 1 fully saturated rings. The van der Waals surface area contributed by atoms with Crippen LogP contribution in [0.25, 0.3) is 0 Å². The number of nitrogens with one attached hydrogen (secondary N) is 1. The number of ether oxygens (including phenoxy) is 1. The SMILES string of the molecule is CN=C(NCCc1ccc2c(c1)CCO2)N1CCN(Cc2ccon2)CC1. The smallest absolute Gasteiger partial charge is 0.193 e. The Labute approximate surface area is 160 Å². The van der Waals surface area contributed by atoms with Crippen molar-refractivity contribution in [2.24, 2.45) is 4.99 Å². The summed E-state index contributed by atoms with van der Waals surface area (Å²) in [6.45, 7) is 6.47. The highest BCUT2D eigenvalue weighted by Crippen LogP contribution is 2.25. The molecule has 7 nitrogen and oxygen atoms in total. The average Bonchev–Trinajstić information content (AvgIpc) is 3.37. The van der Waals surface area contributed by atoms with Gasteiger partial charge >= 0.3 is 0 Å². The molecule has 2 aliphatic heterocycles.